The maximum absolute atomic E-state index is 11.9. The van der Waals surface area contributed by atoms with E-state index in [0.717, 1.165) is 11.1 Å². The van der Waals surface area contributed by atoms with Gasteiger partial charge < -0.3 is 10.1 Å². The van der Waals surface area contributed by atoms with Gasteiger partial charge in [0.15, 0.2) is 6.61 Å². The van der Waals surface area contributed by atoms with Gasteiger partial charge in [0.1, 0.15) is 0 Å². The molecule has 2 aromatic carbocycles. The van der Waals surface area contributed by atoms with E-state index in [4.69, 9.17) is 27.9 Å². The van der Waals surface area contributed by atoms with Gasteiger partial charge in [-0.15, -0.1) is 0 Å². The van der Waals surface area contributed by atoms with Crippen molar-refractivity contribution in [3.8, 4) is 0 Å². The standard InChI is InChI=1S/C18H17Cl2NO3/c1-11-3-5-13(6-4-11)18(23)24-10-17(22)21-12(2)14-7-8-15(19)16(20)9-14/h3-9,12H,10H2,1-2H3,(H,21,22)/t12-/m0/s1. The molecule has 2 rings (SSSR count). The Bertz CT molecular complexity index is 744. The summed E-state index contributed by atoms with van der Waals surface area (Å²) in [7, 11) is 0. The van der Waals surface area contributed by atoms with Crippen molar-refractivity contribution in [3.63, 3.8) is 0 Å². The van der Waals surface area contributed by atoms with Crippen molar-refractivity contribution < 1.29 is 14.3 Å². The molecule has 0 saturated carbocycles. The van der Waals surface area contributed by atoms with Crippen molar-refractivity contribution in [2.75, 3.05) is 6.61 Å². The third kappa shape index (κ3) is 4.98. The molecule has 0 radical (unpaired) electrons. The second kappa shape index (κ2) is 8.18. The van der Waals surface area contributed by atoms with Crippen LogP contribution in [0.1, 0.15) is 34.5 Å². The maximum Gasteiger partial charge on any atom is 0.338 e. The number of amides is 1. The van der Waals surface area contributed by atoms with E-state index in [-0.39, 0.29) is 12.6 Å². The predicted molar refractivity (Wildman–Crippen MR) is 94.5 cm³/mol. The SMILES string of the molecule is Cc1ccc(C(=O)OCC(=O)N[C@@H](C)c2ccc(Cl)c(Cl)c2)cc1. The number of carbonyl (C=O) groups is 2. The van der Waals surface area contributed by atoms with E-state index in [1.165, 1.54) is 0 Å². The number of aryl methyl sites for hydroxylation is 1. The largest absolute Gasteiger partial charge is 0.452 e. The van der Waals surface area contributed by atoms with Crippen LogP contribution in [0.5, 0.6) is 0 Å². The summed E-state index contributed by atoms with van der Waals surface area (Å²) in [5.74, 6) is -0.929. The predicted octanol–water partition coefficient (Wildman–Crippen LogP) is 4.34. The summed E-state index contributed by atoms with van der Waals surface area (Å²) >= 11 is 11.8. The summed E-state index contributed by atoms with van der Waals surface area (Å²) in [4.78, 5) is 23.8. The summed E-state index contributed by atoms with van der Waals surface area (Å²) in [6, 6.07) is 11.8. The zero-order valence-corrected chi connectivity index (χ0v) is 14.8. The summed E-state index contributed by atoms with van der Waals surface area (Å²) in [6.07, 6.45) is 0. The average Bonchev–Trinajstić information content (AvgIpc) is 2.55. The van der Waals surface area contributed by atoms with Crippen molar-refractivity contribution in [3.05, 3.63) is 69.2 Å². The Kier molecular flexibility index (Phi) is 6.23. The summed E-state index contributed by atoms with van der Waals surface area (Å²) < 4.78 is 5.01. The van der Waals surface area contributed by atoms with E-state index >= 15 is 0 Å². The lowest BCUT2D eigenvalue weighted by molar-refractivity contribution is -0.124. The smallest absolute Gasteiger partial charge is 0.338 e. The lowest BCUT2D eigenvalue weighted by Crippen LogP contribution is -2.31. The molecule has 4 nitrogen and oxygen atoms in total. The highest BCUT2D eigenvalue weighted by molar-refractivity contribution is 6.42. The van der Waals surface area contributed by atoms with Crippen LogP contribution < -0.4 is 5.32 Å². The van der Waals surface area contributed by atoms with Crippen LogP contribution in [-0.2, 0) is 9.53 Å². The first-order chi connectivity index (χ1) is 11.4. The lowest BCUT2D eigenvalue weighted by atomic mass is 10.1. The molecule has 1 atom stereocenters. The third-order valence-electron chi connectivity index (χ3n) is 3.44. The van der Waals surface area contributed by atoms with Crippen molar-refractivity contribution >= 4 is 35.1 Å². The Balaban J connectivity index is 1.87. The molecule has 0 aliphatic rings. The highest BCUT2D eigenvalue weighted by Crippen LogP contribution is 2.25. The Morgan fingerprint density at radius 1 is 1.08 bits per heavy atom. The Labute approximate surface area is 150 Å². The average molecular weight is 366 g/mol. The van der Waals surface area contributed by atoms with Crippen LogP contribution in [0.15, 0.2) is 42.5 Å². The number of esters is 1. The van der Waals surface area contributed by atoms with Crippen molar-refractivity contribution in [1.82, 2.24) is 5.32 Å². The third-order valence-corrected chi connectivity index (χ3v) is 4.18. The highest BCUT2D eigenvalue weighted by atomic mass is 35.5. The van der Waals surface area contributed by atoms with Gasteiger partial charge >= 0.3 is 5.97 Å². The van der Waals surface area contributed by atoms with Gasteiger partial charge in [-0.1, -0.05) is 47.0 Å². The van der Waals surface area contributed by atoms with Crippen LogP contribution >= 0.6 is 23.2 Å². The lowest BCUT2D eigenvalue weighted by Gasteiger charge is -2.15. The minimum atomic E-state index is -0.535. The van der Waals surface area contributed by atoms with Gasteiger partial charge in [-0.05, 0) is 43.7 Å². The molecule has 0 aliphatic carbocycles. The molecule has 1 amide bonds. The van der Waals surface area contributed by atoms with E-state index in [9.17, 15) is 9.59 Å². The van der Waals surface area contributed by atoms with Crippen LogP contribution in [0.4, 0.5) is 0 Å². The molecule has 0 aromatic heterocycles. The number of nitrogens with one attached hydrogen (secondary N) is 1. The highest BCUT2D eigenvalue weighted by Gasteiger charge is 2.14. The molecule has 1 N–H and O–H groups in total. The second-order valence-electron chi connectivity index (χ2n) is 5.40. The molecule has 0 fully saturated rings. The van der Waals surface area contributed by atoms with E-state index in [1.54, 1.807) is 37.3 Å². The minimum Gasteiger partial charge on any atom is -0.452 e. The number of rotatable bonds is 5. The van der Waals surface area contributed by atoms with Crippen molar-refractivity contribution in [2.24, 2.45) is 0 Å². The molecule has 2 aromatic rings. The first kappa shape index (κ1) is 18.3. The second-order valence-corrected chi connectivity index (χ2v) is 6.22. The van der Waals surface area contributed by atoms with E-state index in [2.05, 4.69) is 5.32 Å². The molecule has 126 valence electrons. The van der Waals surface area contributed by atoms with E-state index in [1.807, 2.05) is 19.1 Å². The molecular weight excluding hydrogens is 349 g/mol. The summed E-state index contributed by atoms with van der Waals surface area (Å²) in [6.45, 7) is 3.38. The Hall–Kier alpha value is -2.04. The van der Waals surface area contributed by atoms with Gasteiger partial charge in [0.2, 0.25) is 0 Å². The van der Waals surface area contributed by atoms with Crippen LogP contribution in [0.2, 0.25) is 10.0 Å². The minimum absolute atomic E-state index is 0.287. The van der Waals surface area contributed by atoms with Crippen LogP contribution in [0.3, 0.4) is 0 Å². The normalized spacial score (nSPS) is 11.7. The number of ether oxygens (including phenoxy) is 1. The molecule has 6 heteroatoms. The molecule has 0 spiro atoms. The van der Waals surface area contributed by atoms with E-state index < -0.39 is 11.9 Å². The molecule has 0 bridgehead atoms. The van der Waals surface area contributed by atoms with E-state index in [0.29, 0.717) is 15.6 Å². The molecule has 0 aliphatic heterocycles. The first-order valence-corrected chi connectivity index (χ1v) is 8.10. The van der Waals surface area contributed by atoms with Crippen LogP contribution in [0, 0.1) is 6.92 Å². The number of carbonyl (C=O) groups excluding carboxylic acids is 2. The van der Waals surface area contributed by atoms with Gasteiger partial charge in [0.25, 0.3) is 5.91 Å². The Morgan fingerprint density at radius 2 is 1.75 bits per heavy atom. The molecule has 24 heavy (non-hydrogen) atoms. The van der Waals surface area contributed by atoms with Crippen molar-refractivity contribution in [2.45, 2.75) is 19.9 Å². The number of hydrogen-bond donors (Lipinski definition) is 1. The maximum atomic E-state index is 11.9. The fourth-order valence-electron chi connectivity index (χ4n) is 2.05. The van der Waals surface area contributed by atoms with Crippen molar-refractivity contribution in [1.29, 1.82) is 0 Å². The van der Waals surface area contributed by atoms with Gasteiger partial charge in [0, 0.05) is 0 Å². The molecular formula is C18H17Cl2NO3. The Morgan fingerprint density at radius 3 is 2.38 bits per heavy atom. The number of halogens is 2. The summed E-state index contributed by atoms with van der Waals surface area (Å²) in [5.41, 5.74) is 2.26. The zero-order chi connectivity index (χ0) is 17.7. The number of hydrogen-bond acceptors (Lipinski definition) is 3. The quantitative estimate of drug-likeness (QED) is 0.801. The van der Waals surface area contributed by atoms with Crippen LogP contribution in [0.25, 0.3) is 0 Å². The summed E-state index contributed by atoms with van der Waals surface area (Å²) in [5, 5.41) is 3.61. The number of benzene rings is 2. The van der Waals surface area contributed by atoms with Gasteiger partial charge in [-0.2, -0.15) is 0 Å². The van der Waals surface area contributed by atoms with Crippen LogP contribution in [-0.4, -0.2) is 18.5 Å². The fraction of sp³-hybridized carbons (Fsp3) is 0.222. The molecule has 0 saturated heterocycles. The van der Waals surface area contributed by atoms with Gasteiger partial charge in [-0.25, -0.2) is 4.79 Å². The van der Waals surface area contributed by atoms with Gasteiger partial charge in [0.05, 0.1) is 21.7 Å². The first-order valence-electron chi connectivity index (χ1n) is 7.35. The monoisotopic (exact) mass is 365 g/mol. The molecule has 0 unspecified atom stereocenters. The fourth-order valence-corrected chi connectivity index (χ4v) is 2.36. The molecule has 0 heterocycles. The topological polar surface area (TPSA) is 55.4 Å². The zero-order valence-electron chi connectivity index (χ0n) is 13.3. The van der Waals surface area contributed by atoms with Gasteiger partial charge in [-0.3, -0.25) is 4.79 Å².